The molecule has 0 aromatic carbocycles. The Bertz CT molecular complexity index is 669. The third-order valence-corrected chi connectivity index (χ3v) is 4.34. The Morgan fingerprint density at radius 1 is 1.20 bits per heavy atom. The fraction of sp³-hybridized carbons (Fsp3) is 0.444. The lowest BCUT2D eigenvalue weighted by atomic mass is 10.0. The standard InChI is InChI=1S/C18H22N4O3/c1-24-10-11-25-17-4-9-22(18(23)15-13-20-7-8-21-15)16(17)12-14-2-5-19-6-3-14/h2-3,5-8,13,16-17H,4,9-12H2,1H3/t16-,17-/m1/s1. The SMILES string of the molecule is COCCO[C@@H]1CCN(C(=O)c2cnccn2)[C@@H]1Cc1ccncc1. The molecule has 0 aliphatic carbocycles. The van der Waals surface area contributed by atoms with Crippen LogP contribution in [0.15, 0.2) is 43.1 Å². The molecule has 0 radical (unpaired) electrons. The van der Waals surface area contributed by atoms with Crippen LogP contribution in [0.2, 0.25) is 0 Å². The summed E-state index contributed by atoms with van der Waals surface area (Å²) >= 11 is 0. The third kappa shape index (κ3) is 4.37. The average molecular weight is 342 g/mol. The van der Waals surface area contributed by atoms with E-state index in [-0.39, 0.29) is 18.1 Å². The molecule has 1 saturated heterocycles. The maximum Gasteiger partial charge on any atom is 0.274 e. The predicted molar refractivity (Wildman–Crippen MR) is 91.0 cm³/mol. The van der Waals surface area contributed by atoms with Gasteiger partial charge in [-0.2, -0.15) is 0 Å². The highest BCUT2D eigenvalue weighted by Crippen LogP contribution is 2.25. The number of amides is 1. The van der Waals surface area contributed by atoms with Crippen LogP contribution < -0.4 is 0 Å². The molecule has 7 heteroatoms. The van der Waals surface area contributed by atoms with E-state index in [1.165, 1.54) is 12.4 Å². The molecule has 3 heterocycles. The van der Waals surface area contributed by atoms with Gasteiger partial charge in [-0.3, -0.25) is 14.8 Å². The zero-order chi connectivity index (χ0) is 17.5. The summed E-state index contributed by atoms with van der Waals surface area (Å²) in [6, 6.07) is 3.89. The number of nitrogens with zero attached hydrogens (tertiary/aromatic N) is 4. The van der Waals surface area contributed by atoms with Crippen LogP contribution in [0, 0.1) is 0 Å². The van der Waals surface area contributed by atoms with E-state index in [4.69, 9.17) is 9.47 Å². The van der Waals surface area contributed by atoms with E-state index in [0.29, 0.717) is 31.9 Å². The maximum absolute atomic E-state index is 12.9. The molecule has 2 aromatic rings. The van der Waals surface area contributed by atoms with Crippen molar-refractivity contribution < 1.29 is 14.3 Å². The van der Waals surface area contributed by atoms with Crippen molar-refractivity contribution in [1.82, 2.24) is 19.9 Å². The topological polar surface area (TPSA) is 77.4 Å². The Morgan fingerprint density at radius 2 is 2.04 bits per heavy atom. The van der Waals surface area contributed by atoms with Crippen LogP contribution in [0.5, 0.6) is 0 Å². The summed E-state index contributed by atoms with van der Waals surface area (Å²) in [6.45, 7) is 1.70. The van der Waals surface area contributed by atoms with Crippen molar-refractivity contribution in [3.8, 4) is 0 Å². The van der Waals surface area contributed by atoms with Gasteiger partial charge in [0.05, 0.1) is 31.6 Å². The fourth-order valence-corrected chi connectivity index (χ4v) is 3.11. The Labute approximate surface area is 147 Å². The Kier molecular flexibility index (Phi) is 6.03. The summed E-state index contributed by atoms with van der Waals surface area (Å²) in [5, 5.41) is 0. The van der Waals surface area contributed by atoms with Crippen LogP contribution in [0.3, 0.4) is 0 Å². The second-order valence-electron chi connectivity index (χ2n) is 5.91. The molecule has 132 valence electrons. The molecule has 0 saturated carbocycles. The number of carbonyl (C=O) groups is 1. The van der Waals surface area contributed by atoms with Crippen LogP contribution in [-0.2, 0) is 15.9 Å². The van der Waals surface area contributed by atoms with Gasteiger partial charge in [0.2, 0.25) is 0 Å². The van der Waals surface area contributed by atoms with E-state index in [1.54, 1.807) is 25.7 Å². The molecule has 1 aliphatic heterocycles. The van der Waals surface area contributed by atoms with E-state index < -0.39 is 0 Å². The lowest BCUT2D eigenvalue weighted by molar-refractivity contribution is 0.000409. The lowest BCUT2D eigenvalue weighted by Gasteiger charge is -2.28. The van der Waals surface area contributed by atoms with Crippen molar-refractivity contribution in [2.24, 2.45) is 0 Å². The number of carbonyl (C=O) groups excluding carboxylic acids is 1. The van der Waals surface area contributed by atoms with Gasteiger partial charge < -0.3 is 14.4 Å². The summed E-state index contributed by atoms with van der Waals surface area (Å²) in [5.74, 6) is -0.106. The summed E-state index contributed by atoms with van der Waals surface area (Å²) in [6.07, 6.45) is 9.62. The predicted octanol–water partition coefficient (Wildman–Crippen LogP) is 1.36. The van der Waals surface area contributed by atoms with Crippen LogP contribution in [0.4, 0.5) is 0 Å². The fourth-order valence-electron chi connectivity index (χ4n) is 3.11. The quantitative estimate of drug-likeness (QED) is 0.707. The second kappa shape index (κ2) is 8.64. The van der Waals surface area contributed by atoms with Crippen molar-refractivity contribution in [2.75, 3.05) is 26.9 Å². The van der Waals surface area contributed by atoms with Crippen LogP contribution in [0.1, 0.15) is 22.5 Å². The molecule has 0 bridgehead atoms. The van der Waals surface area contributed by atoms with Gasteiger partial charge in [-0.1, -0.05) is 0 Å². The Hall–Kier alpha value is -2.38. The molecule has 25 heavy (non-hydrogen) atoms. The molecule has 1 aliphatic rings. The molecule has 7 nitrogen and oxygen atoms in total. The molecule has 1 amide bonds. The van der Waals surface area contributed by atoms with Crippen molar-refractivity contribution in [3.63, 3.8) is 0 Å². The first-order valence-corrected chi connectivity index (χ1v) is 8.36. The molecule has 2 atom stereocenters. The molecule has 0 unspecified atom stereocenters. The van der Waals surface area contributed by atoms with Gasteiger partial charge in [-0.25, -0.2) is 4.98 Å². The molecule has 3 rings (SSSR count). The second-order valence-corrected chi connectivity index (χ2v) is 5.91. The minimum atomic E-state index is -0.106. The van der Waals surface area contributed by atoms with Gasteiger partial charge in [0, 0.05) is 38.4 Å². The van der Waals surface area contributed by atoms with Crippen LogP contribution in [0.25, 0.3) is 0 Å². The normalized spacial score (nSPS) is 20.0. The van der Waals surface area contributed by atoms with Crippen molar-refractivity contribution in [2.45, 2.75) is 25.0 Å². The number of aromatic nitrogens is 3. The molecule has 0 N–H and O–H groups in total. The zero-order valence-corrected chi connectivity index (χ0v) is 14.2. The number of pyridine rings is 1. The van der Waals surface area contributed by atoms with E-state index in [1.807, 2.05) is 17.0 Å². The van der Waals surface area contributed by atoms with Crippen LogP contribution in [-0.4, -0.2) is 64.8 Å². The number of hydrogen-bond acceptors (Lipinski definition) is 6. The maximum atomic E-state index is 12.9. The first-order chi connectivity index (χ1) is 12.3. The zero-order valence-electron chi connectivity index (χ0n) is 14.2. The van der Waals surface area contributed by atoms with Crippen molar-refractivity contribution in [1.29, 1.82) is 0 Å². The van der Waals surface area contributed by atoms with Crippen molar-refractivity contribution in [3.05, 3.63) is 54.4 Å². The van der Waals surface area contributed by atoms with E-state index in [9.17, 15) is 4.79 Å². The number of ether oxygens (including phenoxy) is 2. The highest BCUT2D eigenvalue weighted by molar-refractivity contribution is 5.92. The average Bonchev–Trinajstić information content (AvgIpc) is 3.05. The number of methoxy groups -OCH3 is 1. The number of rotatable bonds is 7. The van der Waals surface area contributed by atoms with Gasteiger partial charge in [-0.05, 0) is 30.5 Å². The number of likely N-dealkylation sites (tertiary alicyclic amines) is 1. The van der Waals surface area contributed by atoms with Gasteiger partial charge >= 0.3 is 0 Å². The van der Waals surface area contributed by atoms with Crippen LogP contribution >= 0.6 is 0 Å². The Balaban J connectivity index is 1.77. The van der Waals surface area contributed by atoms with E-state index in [0.717, 1.165) is 12.0 Å². The minimum absolute atomic E-state index is 0.0241. The first kappa shape index (κ1) is 17.4. The largest absolute Gasteiger partial charge is 0.382 e. The Morgan fingerprint density at radius 3 is 2.76 bits per heavy atom. The monoisotopic (exact) mass is 342 g/mol. The minimum Gasteiger partial charge on any atom is -0.382 e. The number of hydrogen-bond donors (Lipinski definition) is 0. The highest BCUT2D eigenvalue weighted by Gasteiger charge is 2.38. The van der Waals surface area contributed by atoms with Gasteiger partial charge in [0.15, 0.2) is 0 Å². The third-order valence-electron chi connectivity index (χ3n) is 4.34. The summed E-state index contributed by atoms with van der Waals surface area (Å²) in [5.41, 5.74) is 1.49. The molecular weight excluding hydrogens is 320 g/mol. The smallest absolute Gasteiger partial charge is 0.274 e. The first-order valence-electron chi connectivity index (χ1n) is 8.36. The van der Waals surface area contributed by atoms with Gasteiger partial charge in [0.1, 0.15) is 5.69 Å². The summed E-state index contributed by atoms with van der Waals surface area (Å²) < 4.78 is 11.0. The summed E-state index contributed by atoms with van der Waals surface area (Å²) in [4.78, 5) is 26.9. The highest BCUT2D eigenvalue weighted by atomic mass is 16.5. The van der Waals surface area contributed by atoms with E-state index in [2.05, 4.69) is 15.0 Å². The van der Waals surface area contributed by atoms with E-state index >= 15 is 0 Å². The lowest BCUT2D eigenvalue weighted by Crippen LogP contribution is -2.42. The van der Waals surface area contributed by atoms with Crippen molar-refractivity contribution >= 4 is 5.91 Å². The molecule has 2 aromatic heterocycles. The van der Waals surface area contributed by atoms with Gasteiger partial charge in [-0.15, -0.1) is 0 Å². The molecular formula is C18H22N4O3. The molecule has 1 fully saturated rings. The van der Waals surface area contributed by atoms with Gasteiger partial charge in [0.25, 0.3) is 5.91 Å². The molecule has 0 spiro atoms. The summed E-state index contributed by atoms with van der Waals surface area (Å²) in [7, 11) is 1.65.